The summed E-state index contributed by atoms with van der Waals surface area (Å²) in [6.45, 7) is 0. The molecule has 0 radical (unpaired) electrons. The molecule has 2 heterocycles. The van der Waals surface area contributed by atoms with Gasteiger partial charge in [0.25, 0.3) is 16.7 Å². The quantitative estimate of drug-likeness (QED) is 0.655. The second-order valence-electron chi connectivity index (χ2n) is 6.51. The van der Waals surface area contributed by atoms with Crippen molar-refractivity contribution in [2.24, 2.45) is 14.1 Å². The molecule has 1 aromatic carbocycles. The van der Waals surface area contributed by atoms with Crippen LogP contribution in [0.4, 0.5) is 10.5 Å². The third-order valence-corrected chi connectivity index (χ3v) is 5.26. The van der Waals surface area contributed by atoms with E-state index in [4.69, 9.17) is 0 Å². The molecule has 0 aliphatic carbocycles. The average Bonchev–Trinajstić information content (AvgIpc) is 2.71. The second kappa shape index (κ2) is 7.92. The lowest BCUT2D eigenvalue weighted by Gasteiger charge is -2.10. The third-order valence-electron chi connectivity index (χ3n) is 4.22. The van der Waals surface area contributed by atoms with Crippen molar-refractivity contribution >= 4 is 39.6 Å². The molecule has 0 aliphatic heterocycles. The Labute approximate surface area is 170 Å². The van der Waals surface area contributed by atoms with Crippen LogP contribution < -0.4 is 16.6 Å². The number of pyridine rings is 1. The molecule has 10 heteroatoms. The minimum atomic E-state index is -0.520. The van der Waals surface area contributed by atoms with Crippen LogP contribution in [-0.2, 0) is 14.1 Å². The van der Waals surface area contributed by atoms with Gasteiger partial charge in [-0.1, -0.05) is 0 Å². The molecule has 9 nitrogen and oxygen atoms in total. The van der Waals surface area contributed by atoms with Gasteiger partial charge in [0.05, 0.1) is 5.39 Å². The largest absolute Gasteiger partial charge is 0.339 e. The minimum Gasteiger partial charge on any atom is -0.339 e. The van der Waals surface area contributed by atoms with Crippen LogP contribution in [-0.4, -0.2) is 44.3 Å². The Balaban J connectivity index is 1.84. The Morgan fingerprint density at radius 1 is 1.00 bits per heavy atom. The van der Waals surface area contributed by atoms with Crippen molar-refractivity contribution in [3.63, 3.8) is 0 Å². The van der Waals surface area contributed by atoms with Gasteiger partial charge < -0.3 is 10.2 Å². The molecule has 0 spiro atoms. The number of aromatic nitrogens is 3. The van der Waals surface area contributed by atoms with E-state index in [0.29, 0.717) is 5.69 Å². The van der Waals surface area contributed by atoms with Gasteiger partial charge in [-0.2, -0.15) is 0 Å². The number of thioether (sulfide) groups is 1. The predicted octanol–water partition coefficient (Wildman–Crippen LogP) is 1.66. The Bertz CT molecular complexity index is 1230. The molecular formula is C19H19N5O4S. The van der Waals surface area contributed by atoms with E-state index in [1.807, 2.05) is 0 Å². The number of aryl methyl sites for hydroxylation is 1. The maximum Gasteiger partial charge on any atom is 0.332 e. The van der Waals surface area contributed by atoms with Crippen molar-refractivity contribution < 1.29 is 9.59 Å². The number of hydrogen-bond donors (Lipinski definition) is 1. The monoisotopic (exact) mass is 413 g/mol. The summed E-state index contributed by atoms with van der Waals surface area (Å²) in [7, 11) is 6.22. The first-order chi connectivity index (χ1) is 13.7. The minimum absolute atomic E-state index is 0.0713. The summed E-state index contributed by atoms with van der Waals surface area (Å²) in [5.41, 5.74) is -0.256. The number of carbonyl (C=O) groups is 2. The SMILES string of the molecule is CN(C)C(=O)Sc1ccc(NC(=O)c2ccc3c(=O)n(C)c(=O)n(C)c3n2)cc1. The molecule has 3 aromatic rings. The summed E-state index contributed by atoms with van der Waals surface area (Å²) in [4.78, 5) is 55.0. The highest BCUT2D eigenvalue weighted by atomic mass is 32.2. The summed E-state index contributed by atoms with van der Waals surface area (Å²) in [5, 5.41) is 2.86. The number of anilines is 1. The number of carbonyl (C=O) groups excluding carboxylic acids is 2. The van der Waals surface area contributed by atoms with Gasteiger partial charge in [0.2, 0.25) is 0 Å². The van der Waals surface area contributed by atoms with E-state index in [-0.39, 0.29) is 22.0 Å². The zero-order valence-corrected chi connectivity index (χ0v) is 17.1. The molecule has 0 atom stereocenters. The van der Waals surface area contributed by atoms with Crippen LogP contribution in [0.3, 0.4) is 0 Å². The van der Waals surface area contributed by atoms with Crippen molar-refractivity contribution in [3.05, 3.63) is 62.9 Å². The lowest BCUT2D eigenvalue weighted by atomic mass is 10.2. The van der Waals surface area contributed by atoms with E-state index in [1.165, 1.54) is 35.7 Å². The summed E-state index contributed by atoms with van der Waals surface area (Å²) in [5.74, 6) is -0.482. The summed E-state index contributed by atoms with van der Waals surface area (Å²) < 4.78 is 2.21. The lowest BCUT2D eigenvalue weighted by Crippen LogP contribution is -2.37. The molecule has 0 saturated heterocycles. The first kappa shape index (κ1) is 20.3. The van der Waals surface area contributed by atoms with E-state index < -0.39 is 17.2 Å². The van der Waals surface area contributed by atoms with E-state index in [2.05, 4.69) is 10.3 Å². The summed E-state index contributed by atoms with van der Waals surface area (Å²) >= 11 is 1.08. The normalized spacial score (nSPS) is 10.8. The smallest absolute Gasteiger partial charge is 0.332 e. The molecule has 0 saturated carbocycles. The molecule has 0 unspecified atom stereocenters. The number of benzene rings is 1. The molecule has 150 valence electrons. The Morgan fingerprint density at radius 2 is 1.66 bits per heavy atom. The van der Waals surface area contributed by atoms with Gasteiger partial charge in [0, 0.05) is 38.8 Å². The molecule has 0 bridgehead atoms. The molecule has 29 heavy (non-hydrogen) atoms. The first-order valence-corrected chi connectivity index (χ1v) is 9.38. The Hall–Kier alpha value is -3.40. The topological polar surface area (TPSA) is 106 Å². The van der Waals surface area contributed by atoms with Crippen LogP contribution in [0.5, 0.6) is 0 Å². The van der Waals surface area contributed by atoms with E-state index in [9.17, 15) is 19.2 Å². The van der Waals surface area contributed by atoms with Gasteiger partial charge in [0.15, 0.2) is 0 Å². The predicted molar refractivity (Wildman–Crippen MR) is 112 cm³/mol. The van der Waals surface area contributed by atoms with Crippen LogP contribution in [0.25, 0.3) is 11.0 Å². The lowest BCUT2D eigenvalue weighted by molar-refractivity contribution is 0.102. The molecule has 3 rings (SSSR count). The number of fused-ring (bicyclic) bond motifs is 1. The van der Waals surface area contributed by atoms with E-state index >= 15 is 0 Å². The zero-order chi connectivity index (χ0) is 21.3. The van der Waals surface area contributed by atoms with Crippen molar-refractivity contribution in [2.45, 2.75) is 4.90 Å². The number of nitrogens with one attached hydrogen (secondary N) is 1. The van der Waals surface area contributed by atoms with Gasteiger partial charge in [-0.15, -0.1) is 0 Å². The van der Waals surface area contributed by atoms with Gasteiger partial charge in [-0.3, -0.25) is 23.5 Å². The molecule has 0 fully saturated rings. The highest BCUT2D eigenvalue weighted by Gasteiger charge is 2.14. The third kappa shape index (κ3) is 4.06. The summed E-state index contributed by atoms with van der Waals surface area (Å²) in [6.07, 6.45) is 0. The maximum atomic E-state index is 12.5. The highest BCUT2D eigenvalue weighted by Crippen LogP contribution is 2.22. The number of nitrogens with zero attached hydrogens (tertiary/aromatic N) is 4. The molecule has 0 aliphatic rings. The molecular weight excluding hydrogens is 394 g/mol. The fraction of sp³-hybridized carbons (Fsp3) is 0.211. The average molecular weight is 413 g/mol. The fourth-order valence-electron chi connectivity index (χ4n) is 2.57. The van der Waals surface area contributed by atoms with Crippen LogP contribution in [0.1, 0.15) is 10.5 Å². The number of rotatable bonds is 3. The standard InChI is InChI=1S/C19H19N5O4S/c1-22(2)19(28)29-12-7-5-11(6-8-12)20-16(25)14-10-9-13-15(21-14)23(3)18(27)24(4)17(13)26/h5-10H,1-4H3,(H,20,25). The zero-order valence-electron chi connectivity index (χ0n) is 16.3. The van der Waals surface area contributed by atoms with E-state index in [1.54, 1.807) is 38.4 Å². The fourth-order valence-corrected chi connectivity index (χ4v) is 3.23. The Morgan fingerprint density at radius 3 is 2.28 bits per heavy atom. The van der Waals surface area contributed by atoms with Crippen LogP contribution in [0.2, 0.25) is 0 Å². The second-order valence-corrected chi connectivity index (χ2v) is 7.54. The number of hydrogen-bond acceptors (Lipinski definition) is 6. The maximum absolute atomic E-state index is 12.5. The van der Waals surface area contributed by atoms with Crippen molar-refractivity contribution in [3.8, 4) is 0 Å². The van der Waals surface area contributed by atoms with Gasteiger partial charge in [-0.05, 0) is 48.2 Å². The van der Waals surface area contributed by atoms with Crippen LogP contribution >= 0.6 is 11.8 Å². The van der Waals surface area contributed by atoms with Gasteiger partial charge in [0.1, 0.15) is 11.3 Å². The summed E-state index contributed by atoms with van der Waals surface area (Å²) in [6, 6.07) is 9.71. The van der Waals surface area contributed by atoms with Crippen LogP contribution in [0.15, 0.2) is 50.9 Å². The van der Waals surface area contributed by atoms with Crippen LogP contribution in [0, 0.1) is 0 Å². The molecule has 2 aromatic heterocycles. The van der Waals surface area contributed by atoms with Gasteiger partial charge in [-0.25, -0.2) is 9.78 Å². The van der Waals surface area contributed by atoms with Crippen molar-refractivity contribution in [1.82, 2.24) is 19.0 Å². The number of amides is 2. The first-order valence-electron chi connectivity index (χ1n) is 8.56. The molecule has 1 N–H and O–H groups in total. The van der Waals surface area contributed by atoms with Crippen molar-refractivity contribution in [2.75, 3.05) is 19.4 Å². The van der Waals surface area contributed by atoms with E-state index in [0.717, 1.165) is 21.2 Å². The van der Waals surface area contributed by atoms with Gasteiger partial charge >= 0.3 is 5.69 Å². The highest BCUT2D eigenvalue weighted by molar-refractivity contribution is 8.13. The van der Waals surface area contributed by atoms with Crippen molar-refractivity contribution in [1.29, 1.82) is 0 Å². The molecule has 2 amide bonds. The Kier molecular flexibility index (Phi) is 5.55.